The molecule has 0 unspecified atom stereocenters. The van der Waals surface area contributed by atoms with Crippen molar-refractivity contribution in [3.8, 4) is 11.6 Å². The van der Waals surface area contributed by atoms with Crippen molar-refractivity contribution in [2.75, 3.05) is 5.73 Å². The first-order chi connectivity index (χ1) is 10.7. The zero-order valence-electron chi connectivity index (χ0n) is 11.3. The van der Waals surface area contributed by atoms with Crippen molar-refractivity contribution in [3.63, 3.8) is 0 Å². The van der Waals surface area contributed by atoms with Gasteiger partial charge in [-0.2, -0.15) is 4.98 Å². The van der Waals surface area contributed by atoms with Crippen LogP contribution in [0.3, 0.4) is 0 Å². The molecule has 4 N–H and O–H groups in total. The molecule has 2 aromatic heterocycles. The Balaban J connectivity index is 1.90. The summed E-state index contributed by atoms with van der Waals surface area (Å²) < 4.78 is 5.88. The lowest BCUT2D eigenvalue weighted by Crippen LogP contribution is -1.99. The van der Waals surface area contributed by atoms with Crippen LogP contribution >= 0.6 is 0 Å². The van der Waals surface area contributed by atoms with E-state index in [1.165, 1.54) is 6.33 Å². The zero-order chi connectivity index (χ0) is 15.1. The molecule has 0 aliphatic carbocycles. The minimum atomic E-state index is -0.359. The number of fused-ring (bicyclic) bond motifs is 2. The number of nitrogens with one attached hydrogen (secondary N) is 2. The minimum Gasteiger partial charge on any atom is -0.436 e. The van der Waals surface area contributed by atoms with Crippen molar-refractivity contribution in [1.29, 1.82) is 0 Å². The number of hydrogen-bond donors (Lipinski definition) is 3. The van der Waals surface area contributed by atoms with Crippen LogP contribution in [0.2, 0.25) is 0 Å². The normalized spacial score (nSPS) is 11.1. The van der Waals surface area contributed by atoms with Crippen LogP contribution in [0, 0.1) is 0 Å². The molecule has 0 fully saturated rings. The van der Waals surface area contributed by atoms with Gasteiger partial charge in [0.05, 0.1) is 0 Å². The van der Waals surface area contributed by atoms with Crippen LogP contribution in [0.1, 0.15) is 0 Å². The van der Waals surface area contributed by atoms with Gasteiger partial charge in [-0.3, -0.25) is 9.97 Å². The average molecular weight is 293 g/mol. The molecular formula is C15H11N5O2. The number of rotatable bonds is 2. The number of aromatic amines is 2. The summed E-state index contributed by atoms with van der Waals surface area (Å²) in [7, 11) is 0. The van der Waals surface area contributed by atoms with Crippen LogP contribution in [0.4, 0.5) is 5.69 Å². The van der Waals surface area contributed by atoms with Crippen molar-refractivity contribution in [3.05, 3.63) is 53.2 Å². The van der Waals surface area contributed by atoms with Gasteiger partial charge in [-0.05, 0) is 12.1 Å². The molecule has 2 aromatic carbocycles. The summed E-state index contributed by atoms with van der Waals surface area (Å²) in [4.78, 5) is 24.7. The Morgan fingerprint density at radius 1 is 1.00 bits per heavy atom. The molecule has 22 heavy (non-hydrogen) atoms. The number of nitrogens with zero attached hydrogens (tertiary/aromatic N) is 2. The van der Waals surface area contributed by atoms with E-state index in [-0.39, 0.29) is 11.6 Å². The number of ether oxygens (including phenoxy) is 1. The Morgan fingerprint density at radius 2 is 1.82 bits per heavy atom. The summed E-state index contributed by atoms with van der Waals surface area (Å²) >= 11 is 0. The Kier molecular flexibility index (Phi) is 2.59. The molecule has 0 atom stereocenters. The van der Waals surface area contributed by atoms with Crippen molar-refractivity contribution >= 4 is 27.6 Å². The van der Waals surface area contributed by atoms with Gasteiger partial charge in [0.2, 0.25) is 5.88 Å². The van der Waals surface area contributed by atoms with Crippen molar-refractivity contribution < 1.29 is 4.74 Å². The smallest absolute Gasteiger partial charge is 0.325 e. The molecular weight excluding hydrogens is 282 g/mol. The van der Waals surface area contributed by atoms with Gasteiger partial charge in [0.1, 0.15) is 17.6 Å². The number of nitrogen functional groups attached to an aromatic ring is 1. The second-order valence-corrected chi connectivity index (χ2v) is 4.78. The number of anilines is 1. The summed E-state index contributed by atoms with van der Waals surface area (Å²) in [5, 5.41) is 1.76. The highest BCUT2D eigenvalue weighted by Crippen LogP contribution is 2.33. The van der Waals surface area contributed by atoms with Gasteiger partial charge in [-0.15, -0.1) is 0 Å². The van der Waals surface area contributed by atoms with Gasteiger partial charge in [0.15, 0.2) is 5.65 Å². The molecule has 4 rings (SSSR count). The van der Waals surface area contributed by atoms with Crippen LogP contribution in [0.25, 0.3) is 21.9 Å². The van der Waals surface area contributed by atoms with E-state index < -0.39 is 0 Å². The van der Waals surface area contributed by atoms with Gasteiger partial charge in [-0.1, -0.05) is 24.3 Å². The third-order valence-corrected chi connectivity index (χ3v) is 3.41. The molecule has 0 spiro atoms. The fourth-order valence-corrected chi connectivity index (χ4v) is 2.39. The molecule has 2 heterocycles. The van der Waals surface area contributed by atoms with Crippen molar-refractivity contribution in [2.24, 2.45) is 0 Å². The van der Waals surface area contributed by atoms with Crippen molar-refractivity contribution in [2.45, 2.75) is 0 Å². The van der Waals surface area contributed by atoms with E-state index in [0.29, 0.717) is 22.6 Å². The maximum absolute atomic E-state index is 11.4. The van der Waals surface area contributed by atoms with Crippen LogP contribution in [-0.4, -0.2) is 19.9 Å². The van der Waals surface area contributed by atoms with Crippen LogP contribution < -0.4 is 16.2 Å². The number of benzene rings is 2. The van der Waals surface area contributed by atoms with E-state index in [9.17, 15) is 4.79 Å². The lowest BCUT2D eigenvalue weighted by molar-refractivity contribution is 0.472. The van der Waals surface area contributed by atoms with Gasteiger partial charge in [0, 0.05) is 16.5 Å². The Morgan fingerprint density at radius 3 is 2.68 bits per heavy atom. The number of H-pyrrole nitrogens is 2. The first-order valence-corrected chi connectivity index (χ1v) is 6.60. The van der Waals surface area contributed by atoms with E-state index in [1.807, 2.05) is 24.3 Å². The molecule has 7 nitrogen and oxygen atoms in total. The van der Waals surface area contributed by atoms with E-state index in [1.54, 1.807) is 12.1 Å². The highest BCUT2D eigenvalue weighted by atomic mass is 16.5. The molecule has 108 valence electrons. The second-order valence-electron chi connectivity index (χ2n) is 4.78. The monoisotopic (exact) mass is 293 g/mol. The van der Waals surface area contributed by atoms with Crippen LogP contribution in [-0.2, 0) is 0 Å². The summed E-state index contributed by atoms with van der Waals surface area (Å²) in [6, 6.07) is 11.2. The van der Waals surface area contributed by atoms with E-state index in [0.717, 1.165) is 10.8 Å². The number of imidazole rings is 1. The highest BCUT2D eigenvalue weighted by Gasteiger charge is 2.11. The molecule has 0 radical (unpaired) electrons. The molecule has 0 bridgehead atoms. The molecule has 0 amide bonds. The fraction of sp³-hybridized carbons (Fsp3) is 0. The standard InChI is InChI=1S/C15H11N5O2/c16-10-5-6-11(9-4-2-1-3-8(9)10)22-14-12-13(17-7-18-14)20-15(21)19-12/h1-7H,16H2,(H2,17,18,19,20,21). The molecule has 4 aromatic rings. The lowest BCUT2D eigenvalue weighted by atomic mass is 10.1. The summed E-state index contributed by atoms with van der Waals surface area (Å²) in [6.07, 6.45) is 1.33. The van der Waals surface area contributed by atoms with E-state index in [4.69, 9.17) is 10.5 Å². The Hall–Kier alpha value is -3.35. The number of aromatic nitrogens is 4. The van der Waals surface area contributed by atoms with E-state index in [2.05, 4.69) is 19.9 Å². The molecule has 0 aliphatic heterocycles. The van der Waals surface area contributed by atoms with Gasteiger partial charge < -0.3 is 10.5 Å². The minimum absolute atomic E-state index is 0.276. The average Bonchev–Trinajstić information content (AvgIpc) is 2.92. The van der Waals surface area contributed by atoms with E-state index >= 15 is 0 Å². The summed E-state index contributed by atoms with van der Waals surface area (Å²) in [5.74, 6) is 0.880. The van der Waals surface area contributed by atoms with Gasteiger partial charge >= 0.3 is 5.69 Å². The maximum Gasteiger partial charge on any atom is 0.325 e. The van der Waals surface area contributed by atoms with Crippen LogP contribution in [0.15, 0.2) is 47.5 Å². The molecule has 0 saturated heterocycles. The topological polar surface area (TPSA) is 110 Å². The third-order valence-electron chi connectivity index (χ3n) is 3.41. The Bertz CT molecular complexity index is 1050. The zero-order valence-corrected chi connectivity index (χ0v) is 11.3. The van der Waals surface area contributed by atoms with Gasteiger partial charge in [0.25, 0.3) is 0 Å². The van der Waals surface area contributed by atoms with Crippen molar-refractivity contribution in [1.82, 2.24) is 19.9 Å². The third kappa shape index (κ3) is 1.87. The maximum atomic E-state index is 11.4. The predicted molar refractivity (Wildman–Crippen MR) is 82.9 cm³/mol. The largest absolute Gasteiger partial charge is 0.436 e. The second kappa shape index (κ2) is 4.59. The predicted octanol–water partition coefficient (Wildman–Crippen LogP) is 2.17. The Labute approximate surface area is 123 Å². The fourth-order valence-electron chi connectivity index (χ4n) is 2.39. The lowest BCUT2D eigenvalue weighted by Gasteiger charge is -2.10. The molecule has 0 aliphatic rings. The first-order valence-electron chi connectivity index (χ1n) is 6.60. The number of nitrogens with two attached hydrogens (primary N) is 1. The summed E-state index contributed by atoms with van der Waals surface area (Å²) in [5.41, 5.74) is 7.11. The molecule has 7 heteroatoms. The quantitative estimate of drug-likeness (QED) is 0.491. The summed E-state index contributed by atoms with van der Waals surface area (Å²) in [6.45, 7) is 0. The highest BCUT2D eigenvalue weighted by molar-refractivity contribution is 5.97. The number of hydrogen-bond acceptors (Lipinski definition) is 5. The van der Waals surface area contributed by atoms with Gasteiger partial charge in [-0.25, -0.2) is 9.78 Å². The SMILES string of the molecule is Nc1ccc(Oc2ncnc3[nH]c(=O)[nH]c23)c2ccccc12. The molecule has 0 saturated carbocycles. The first kappa shape index (κ1) is 12.4. The van der Waals surface area contributed by atoms with Crippen LogP contribution in [0.5, 0.6) is 11.6 Å².